The largest absolute Gasteiger partial charge is 0.501 e. The number of fused-ring (bicyclic) bond motifs is 6. The van der Waals surface area contributed by atoms with Crippen LogP contribution in [-0.2, 0) is 32.9 Å². The standard InChI is InChI=1S/C26H24NO.C19H26GeN.Ir/c1-2-7-25-21(4-1)22-5-3-6-23(26(22)28-25)24-16-18(12-13-27-24)15-20-14-17-8-10-19(20)11-9-17;1-19(2,3)13-16-12-18(15-10-8-7-9-11-15)21-14-17(16)20(4,5)6;/h1-5,7,12-13,16-17,19-20H,8-11,14-15H2;7-10,12,14H,13H2,1-6H3;/q2*-1;. The summed E-state index contributed by atoms with van der Waals surface area (Å²) in [6.07, 6.45) is 13.6. The summed E-state index contributed by atoms with van der Waals surface area (Å²) in [5.74, 6) is 10.1. The molecule has 2 bridgehead atoms. The Morgan fingerprint density at radius 2 is 1.60 bits per heavy atom. The van der Waals surface area contributed by atoms with E-state index in [0.717, 1.165) is 68.6 Å². The Bertz CT molecular complexity index is 2050. The van der Waals surface area contributed by atoms with Crippen LogP contribution in [0.25, 0.3) is 44.5 Å². The molecule has 5 heteroatoms. The van der Waals surface area contributed by atoms with E-state index in [2.05, 4.69) is 104 Å². The monoisotopic (exact) mass is 901 g/mol. The molecule has 0 amide bonds. The van der Waals surface area contributed by atoms with Crippen molar-refractivity contribution < 1.29 is 24.5 Å². The van der Waals surface area contributed by atoms with Crippen LogP contribution in [-0.4, -0.2) is 23.2 Å². The molecule has 1 radical (unpaired) electrons. The predicted octanol–water partition coefficient (Wildman–Crippen LogP) is 11.5. The van der Waals surface area contributed by atoms with Gasteiger partial charge in [0.05, 0.1) is 5.58 Å². The van der Waals surface area contributed by atoms with E-state index >= 15 is 0 Å². The number of benzene rings is 3. The molecule has 0 aliphatic heterocycles. The quantitative estimate of drug-likeness (QED) is 0.123. The van der Waals surface area contributed by atoms with E-state index in [0.29, 0.717) is 5.41 Å². The Morgan fingerprint density at radius 3 is 2.30 bits per heavy atom. The van der Waals surface area contributed by atoms with Crippen molar-refractivity contribution in [1.29, 1.82) is 0 Å². The van der Waals surface area contributed by atoms with Crippen LogP contribution in [0.15, 0.2) is 95.7 Å². The number of para-hydroxylation sites is 1. The number of rotatable bonds is 6. The van der Waals surface area contributed by atoms with Crippen LogP contribution in [0.4, 0.5) is 0 Å². The zero-order chi connectivity index (χ0) is 34.2. The van der Waals surface area contributed by atoms with Gasteiger partial charge in [-0.2, -0.15) is 0 Å². The van der Waals surface area contributed by atoms with Gasteiger partial charge in [-0.15, -0.1) is 18.2 Å². The summed E-state index contributed by atoms with van der Waals surface area (Å²) in [7, 11) is 0. The smallest absolute Gasteiger partial charge is 0.120 e. The number of pyridine rings is 2. The Labute approximate surface area is 315 Å². The average Bonchev–Trinajstić information content (AvgIpc) is 3.47. The molecule has 6 aromatic rings. The van der Waals surface area contributed by atoms with Gasteiger partial charge in [0, 0.05) is 31.7 Å². The van der Waals surface area contributed by atoms with Crippen LogP contribution in [0.2, 0.25) is 17.3 Å². The minimum atomic E-state index is -1.90. The average molecular weight is 900 g/mol. The first kappa shape index (κ1) is 36.7. The van der Waals surface area contributed by atoms with Gasteiger partial charge < -0.3 is 9.40 Å². The summed E-state index contributed by atoms with van der Waals surface area (Å²) in [6.45, 7) is 6.92. The molecule has 3 aliphatic carbocycles. The van der Waals surface area contributed by atoms with E-state index in [1.54, 1.807) is 0 Å². The minimum Gasteiger partial charge on any atom is -0.501 e. The molecule has 0 saturated heterocycles. The first-order valence-corrected chi connectivity index (χ1v) is 25.6. The Balaban J connectivity index is 0.000000177. The predicted molar refractivity (Wildman–Crippen MR) is 208 cm³/mol. The Hall–Kier alpha value is -3.05. The zero-order valence-electron chi connectivity index (χ0n) is 30.5. The van der Waals surface area contributed by atoms with Gasteiger partial charge in [-0.3, -0.25) is 0 Å². The molecule has 1 unspecified atom stereocenters. The van der Waals surface area contributed by atoms with Crippen LogP contribution in [0.3, 0.4) is 0 Å². The van der Waals surface area contributed by atoms with Gasteiger partial charge in [0.1, 0.15) is 5.58 Å². The molecule has 3 aromatic heterocycles. The minimum absolute atomic E-state index is 0. The second-order valence-corrected chi connectivity index (χ2v) is 27.3. The molecular formula is C45H50GeIrN2O-2. The summed E-state index contributed by atoms with van der Waals surface area (Å²) < 4.78 is 7.73. The van der Waals surface area contributed by atoms with E-state index in [9.17, 15) is 0 Å². The fourth-order valence-corrected chi connectivity index (χ4v) is 11.6. The third kappa shape index (κ3) is 8.35. The number of hydrogen-bond donors (Lipinski definition) is 0. The van der Waals surface area contributed by atoms with E-state index in [4.69, 9.17) is 9.40 Å². The van der Waals surface area contributed by atoms with Gasteiger partial charge >= 0.3 is 132 Å². The zero-order valence-corrected chi connectivity index (χ0v) is 35.0. The third-order valence-corrected chi connectivity index (χ3v) is 14.9. The van der Waals surface area contributed by atoms with Gasteiger partial charge in [0.2, 0.25) is 0 Å². The third-order valence-electron chi connectivity index (χ3n) is 10.6. The van der Waals surface area contributed by atoms with Crippen molar-refractivity contribution in [3.63, 3.8) is 0 Å². The van der Waals surface area contributed by atoms with E-state index in [1.165, 1.54) is 54.0 Å². The number of furan rings is 1. The topological polar surface area (TPSA) is 38.9 Å². The van der Waals surface area contributed by atoms with Crippen LogP contribution >= 0.6 is 0 Å². The van der Waals surface area contributed by atoms with Crippen molar-refractivity contribution in [1.82, 2.24) is 9.97 Å². The second kappa shape index (κ2) is 15.3. The molecule has 1 atom stereocenters. The fraction of sp³-hybridized carbons (Fsp3) is 0.378. The summed E-state index contributed by atoms with van der Waals surface area (Å²) >= 11 is -1.90. The van der Waals surface area contributed by atoms with Crippen LogP contribution in [0, 0.1) is 35.3 Å². The second-order valence-electron chi connectivity index (χ2n) is 16.7. The molecule has 3 fully saturated rings. The summed E-state index contributed by atoms with van der Waals surface area (Å²) in [5.41, 5.74) is 9.08. The normalized spacial score (nSPS) is 18.8. The first-order valence-electron chi connectivity index (χ1n) is 18.3. The van der Waals surface area contributed by atoms with Gasteiger partial charge in [-0.05, 0) is 61.3 Å². The van der Waals surface area contributed by atoms with Crippen molar-refractivity contribution in [2.75, 3.05) is 0 Å². The van der Waals surface area contributed by atoms with Gasteiger partial charge in [0.15, 0.2) is 0 Å². The molecule has 0 spiro atoms. The number of aromatic nitrogens is 2. The van der Waals surface area contributed by atoms with Crippen LogP contribution in [0.1, 0.15) is 64.0 Å². The van der Waals surface area contributed by atoms with Crippen molar-refractivity contribution in [2.45, 2.75) is 83.0 Å². The van der Waals surface area contributed by atoms with E-state index in [-0.39, 0.29) is 20.1 Å². The van der Waals surface area contributed by atoms with Gasteiger partial charge in [-0.25, -0.2) is 0 Å². The molecule has 3 aliphatic rings. The van der Waals surface area contributed by atoms with Crippen molar-refractivity contribution in [3.05, 3.63) is 115 Å². The molecule has 50 heavy (non-hydrogen) atoms. The maximum atomic E-state index is 6.20. The molecule has 9 rings (SSSR count). The summed E-state index contributed by atoms with van der Waals surface area (Å²) in [5, 5.41) is 2.29. The van der Waals surface area contributed by atoms with Crippen LogP contribution in [0.5, 0.6) is 0 Å². The molecule has 3 heterocycles. The van der Waals surface area contributed by atoms with Crippen molar-refractivity contribution in [3.8, 4) is 22.5 Å². The SMILES string of the molecule is CC(C)(C)Cc1cc(-c2[c-]cccc2)nc[c]1[Ge]([CH3])([CH3])[CH3].[Ir].[c-]1ccc2c(oc3ccccc32)c1-c1cc(CC2CC3CCC2CC3)ccn1. The molecule has 0 N–H and O–H groups in total. The van der Waals surface area contributed by atoms with Crippen molar-refractivity contribution in [2.24, 2.45) is 23.2 Å². The molecule has 3 saturated carbocycles. The molecule has 3 aromatic carbocycles. The van der Waals surface area contributed by atoms with Crippen LogP contribution < -0.4 is 4.40 Å². The maximum absolute atomic E-state index is 6.20. The number of hydrogen-bond acceptors (Lipinski definition) is 3. The Kier molecular flexibility index (Phi) is 11.2. The van der Waals surface area contributed by atoms with Gasteiger partial charge in [0.25, 0.3) is 0 Å². The van der Waals surface area contributed by atoms with E-state index < -0.39 is 13.3 Å². The Morgan fingerprint density at radius 1 is 0.820 bits per heavy atom. The van der Waals surface area contributed by atoms with Crippen molar-refractivity contribution >= 4 is 39.6 Å². The first-order chi connectivity index (χ1) is 23.5. The molecule has 3 nitrogen and oxygen atoms in total. The fourth-order valence-electron chi connectivity index (χ4n) is 8.28. The van der Waals surface area contributed by atoms with Gasteiger partial charge in [-0.1, -0.05) is 53.6 Å². The summed E-state index contributed by atoms with van der Waals surface area (Å²) in [4.78, 5) is 9.40. The number of nitrogens with zero attached hydrogens (tertiary/aromatic N) is 2. The summed E-state index contributed by atoms with van der Waals surface area (Å²) in [6, 6.07) is 33.8. The molecule has 261 valence electrons. The maximum Gasteiger partial charge on any atom is 0.120 e. The van der Waals surface area contributed by atoms with E-state index in [1.807, 2.05) is 42.6 Å². The molecular weight excluding hydrogens is 849 g/mol.